The minimum Gasteiger partial charge on any atom is -0.507 e. The summed E-state index contributed by atoms with van der Waals surface area (Å²) < 4.78 is 0. The van der Waals surface area contributed by atoms with Gasteiger partial charge in [0.05, 0.1) is 17.3 Å². The van der Waals surface area contributed by atoms with Gasteiger partial charge in [0.25, 0.3) is 5.78 Å². The second-order valence-corrected chi connectivity index (χ2v) is 8.27. The van der Waals surface area contributed by atoms with E-state index >= 15 is 0 Å². The number of carbonyl (C=O) groups is 2. The second kappa shape index (κ2) is 7.29. The van der Waals surface area contributed by atoms with Crippen LogP contribution >= 0.6 is 11.3 Å². The Kier molecular flexibility index (Phi) is 4.80. The maximum Gasteiger partial charge on any atom is 0.301 e. The van der Waals surface area contributed by atoms with Crippen LogP contribution in [0.4, 0.5) is 5.13 Å². The van der Waals surface area contributed by atoms with Gasteiger partial charge in [0, 0.05) is 10.4 Å². The van der Waals surface area contributed by atoms with Crippen LogP contribution < -0.4 is 4.90 Å². The van der Waals surface area contributed by atoms with E-state index in [2.05, 4.69) is 4.98 Å². The first-order valence-electron chi connectivity index (χ1n) is 9.25. The smallest absolute Gasteiger partial charge is 0.301 e. The van der Waals surface area contributed by atoms with E-state index in [4.69, 9.17) is 0 Å². The SMILES string of the molecule is Cc1ccc(/C(O)=C2\C(=O)C(=O)N(c3nc(C)c(C)s3)[C@H]2c2ccccc2)cc1. The third-order valence-corrected chi connectivity index (χ3v) is 6.18. The van der Waals surface area contributed by atoms with E-state index in [0.29, 0.717) is 10.7 Å². The minimum absolute atomic E-state index is 0.0792. The molecule has 1 N–H and O–H groups in total. The molecule has 3 aromatic rings. The lowest BCUT2D eigenvalue weighted by molar-refractivity contribution is -0.132. The van der Waals surface area contributed by atoms with Gasteiger partial charge in [-0.3, -0.25) is 14.5 Å². The molecule has 2 heterocycles. The molecule has 1 aromatic heterocycles. The molecule has 0 spiro atoms. The molecule has 0 unspecified atom stereocenters. The highest BCUT2D eigenvalue weighted by Gasteiger charge is 2.48. The highest BCUT2D eigenvalue weighted by Crippen LogP contribution is 2.43. The Balaban J connectivity index is 1.94. The van der Waals surface area contributed by atoms with Crippen molar-refractivity contribution in [3.63, 3.8) is 0 Å². The number of aliphatic hydroxyl groups excluding tert-OH is 1. The number of benzene rings is 2. The lowest BCUT2D eigenvalue weighted by Gasteiger charge is -2.23. The molecule has 1 aliphatic heterocycles. The molecule has 1 amide bonds. The van der Waals surface area contributed by atoms with E-state index in [0.717, 1.165) is 21.7 Å². The van der Waals surface area contributed by atoms with E-state index in [9.17, 15) is 14.7 Å². The van der Waals surface area contributed by atoms with Crippen LogP contribution in [0.1, 0.15) is 33.3 Å². The summed E-state index contributed by atoms with van der Waals surface area (Å²) in [6.07, 6.45) is 0. The number of hydrogen-bond donors (Lipinski definition) is 1. The zero-order valence-corrected chi connectivity index (χ0v) is 17.2. The molecule has 0 saturated carbocycles. The van der Waals surface area contributed by atoms with Gasteiger partial charge in [-0.25, -0.2) is 4.98 Å². The normalized spacial score (nSPS) is 18.4. The van der Waals surface area contributed by atoms with Crippen molar-refractivity contribution in [3.8, 4) is 0 Å². The second-order valence-electron chi connectivity index (χ2n) is 7.08. The number of amides is 1. The van der Waals surface area contributed by atoms with Crippen LogP contribution in [0.3, 0.4) is 0 Å². The van der Waals surface area contributed by atoms with E-state index in [1.54, 1.807) is 12.1 Å². The molecule has 146 valence electrons. The van der Waals surface area contributed by atoms with E-state index < -0.39 is 17.7 Å². The van der Waals surface area contributed by atoms with Gasteiger partial charge >= 0.3 is 5.91 Å². The van der Waals surface area contributed by atoms with Crippen molar-refractivity contribution in [1.29, 1.82) is 0 Å². The van der Waals surface area contributed by atoms with Crippen molar-refractivity contribution < 1.29 is 14.7 Å². The molecule has 6 heteroatoms. The first kappa shape index (κ1) is 19.1. The Bertz CT molecular complexity index is 1110. The molecule has 0 radical (unpaired) electrons. The molecule has 0 aliphatic carbocycles. The molecule has 5 nitrogen and oxygen atoms in total. The maximum absolute atomic E-state index is 13.0. The summed E-state index contributed by atoms with van der Waals surface area (Å²) in [5.41, 5.74) is 3.18. The first-order valence-corrected chi connectivity index (χ1v) is 10.1. The van der Waals surface area contributed by atoms with Gasteiger partial charge < -0.3 is 5.11 Å². The topological polar surface area (TPSA) is 70.5 Å². The molecule has 1 atom stereocenters. The predicted octanol–water partition coefficient (Wildman–Crippen LogP) is 4.69. The monoisotopic (exact) mass is 404 g/mol. The number of aliphatic hydroxyl groups is 1. The summed E-state index contributed by atoms with van der Waals surface area (Å²) >= 11 is 1.36. The van der Waals surface area contributed by atoms with Gasteiger partial charge in [0.2, 0.25) is 0 Å². The number of ketones is 1. The summed E-state index contributed by atoms with van der Waals surface area (Å²) in [5.74, 6) is -1.56. The quantitative estimate of drug-likeness (QED) is 0.390. The average molecular weight is 404 g/mol. The van der Waals surface area contributed by atoms with Gasteiger partial charge in [0.1, 0.15) is 5.76 Å². The molecule has 2 aromatic carbocycles. The molecule has 4 rings (SSSR count). The zero-order chi connectivity index (χ0) is 20.7. The molecule has 29 heavy (non-hydrogen) atoms. The standard InChI is InChI=1S/C23H20N2O3S/c1-13-9-11-17(12-10-13)20(26)18-19(16-7-5-4-6-8-16)25(22(28)21(18)27)23-24-14(2)15(3)29-23/h4-12,19,26H,1-3H3/b20-18+/t19-/m0/s1. The number of aryl methyl sites for hydroxylation is 3. The summed E-state index contributed by atoms with van der Waals surface area (Å²) in [5, 5.41) is 11.5. The zero-order valence-electron chi connectivity index (χ0n) is 16.3. The third-order valence-electron chi connectivity index (χ3n) is 5.11. The van der Waals surface area contributed by atoms with E-state index in [1.165, 1.54) is 16.2 Å². The van der Waals surface area contributed by atoms with Crippen molar-refractivity contribution in [2.45, 2.75) is 26.8 Å². The van der Waals surface area contributed by atoms with Crippen LogP contribution in [0.5, 0.6) is 0 Å². The molecular weight excluding hydrogens is 384 g/mol. The van der Waals surface area contributed by atoms with Gasteiger partial charge in [-0.05, 0) is 26.3 Å². The van der Waals surface area contributed by atoms with E-state index in [-0.39, 0.29) is 11.3 Å². The lowest BCUT2D eigenvalue weighted by atomic mass is 9.95. The summed E-state index contributed by atoms with van der Waals surface area (Å²) in [7, 11) is 0. The fraction of sp³-hybridized carbons (Fsp3) is 0.174. The predicted molar refractivity (Wildman–Crippen MR) is 114 cm³/mol. The molecule has 1 aliphatic rings. The largest absolute Gasteiger partial charge is 0.507 e. The third kappa shape index (κ3) is 3.25. The highest BCUT2D eigenvalue weighted by molar-refractivity contribution is 7.16. The van der Waals surface area contributed by atoms with Crippen molar-refractivity contribution >= 4 is 33.9 Å². The summed E-state index contributed by atoms with van der Waals surface area (Å²) in [6, 6.07) is 15.7. The number of thiazole rings is 1. The number of Topliss-reactive ketones (excluding diaryl/α,β-unsaturated/α-hetero) is 1. The Labute approximate surface area is 173 Å². The van der Waals surface area contributed by atoms with Crippen molar-refractivity contribution in [2.24, 2.45) is 0 Å². The Morgan fingerprint density at radius 2 is 1.66 bits per heavy atom. The van der Waals surface area contributed by atoms with Crippen LogP contribution in [-0.2, 0) is 9.59 Å². The lowest BCUT2D eigenvalue weighted by Crippen LogP contribution is -2.29. The van der Waals surface area contributed by atoms with Crippen LogP contribution in [0.2, 0.25) is 0 Å². The number of aromatic nitrogens is 1. The van der Waals surface area contributed by atoms with E-state index in [1.807, 2.05) is 63.2 Å². The first-order chi connectivity index (χ1) is 13.9. The Hall–Kier alpha value is -3.25. The van der Waals surface area contributed by atoms with Crippen molar-refractivity contribution in [3.05, 3.63) is 87.4 Å². The fourth-order valence-corrected chi connectivity index (χ4v) is 4.34. The van der Waals surface area contributed by atoms with Crippen LogP contribution in [-0.4, -0.2) is 21.8 Å². The number of rotatable bonds is 3. The molecule has 1 saturated heterocycles. The number of hydrogen-bond acceptors (Lipinski definition) is 5. The van der Waals surface area contributed by atoms with Crippen LogP contribution in [0, 0.1) is 20.8 Å². The molecule has 0 bridgehead atoms. The Morgan fingerprint density at radius 1 is 1.00 bits per heavy atom. The Morgan fingerprint density at radius 3 is 2.24 bits per heavy atom. The number of anilines is 1. The maximum atomic E-state index is 13.0. The fourth-order valence-electron chi connectivity index (χ4n) is 3.41. The highest BCUT2D eigenvalue weighted by atomic mass is 32.1. The minimum atomic E-state index is -0.734. The molecular formula is C23H20N2O3S. The summed E-state index contributed by atoms with van der Waals surface area (Å²) in [6.45, 7) is 5.74. The van der Waals surface area contributed by atoms with Gasteiger partial charge in [-0.15, -0.1) is 11.3 Å². The van der Waals surface area contributed by atoms with Crippen LogP contribution in [0.25, 0.3) is 5.76 Å². The number of carbonyl (C=O) groups excluding carboxylic acids is 2. The van der Waals surface area contributed by atoms with Gasteiger partial charge in [-0.2, -0.15) is 0 Å². The van der Waals surface area contributed by atoms with Gasteiger partial charge in [0.15, 0.2) is 5.13 Å². The number of nitrogens with zero attached hydrogens (tertiary/aromatic N) is 2. The molecule has 1 fully saturated rings. The average Bonchev–Trinajstić information content (AvgIpc) is 3.18. The van der Waals surface area contributed by atoms with Gasteiger partial charge in [-0.1, -0.05) is 60.2 Å². The van der Waals surface area contributed by atoms with Crippen molar-refractivity contribution in [1.82, 2.24) is 4.98 Å². The summed E-state index contributed by atoms with van der Waals surface area (Å²) in [4.78, 5) is 32.9. The van der Waals surface area contributed by atoms with Crippen LogP contribution in [0.15, 0.2) is 60.2 Å². The van der Waals surface area contributed by atoms with Crippen molar-refractivity contribution in [2.75, 3.05) is 4.90 Å².